The standard InChI is InChI=1S/C9H18N2/c1-3-9(11-10-2)8-6-4-5-7-8/h8,10H,3-7H2,1-2H3/b11-9+. The van der Waals surface area contributed by atoms with Crippen molar-refractivity contribution in [3.63, 3.8) is 0 Å². The quantitative estimate of drug-likeness (QED) is 0.489. The van der Waals surface area contributed by atoms with Crippen molar-refractivity contribution in [2.45, 2.75) is 39.0 Å². The van der Waals surface area contributed by atoms with Crippen LogP contribution in [0.5, 0.6) is 0 Å². The second-order valence-electron chi connectivity index (χ2n) is 3.16. The van der Waals surface area contributed by atoms with Crippen molar-refractivity contribution in [1.29, 1.82) is 0 Å². The fourth-order valence-electron chi connectivity index (χ4n) is 1.86. The van der Waals surface area contributed by atoms with Gasteiger partial charge >= 0.3 is 0 Å². The lowest BCUT2D eigenvalue weighted by Gasteiger charge is -2.10. The number of hydrogen-bond donors (Lipinski definition) is 1. The molecular weight excluding hydrogens is 136 g/mol. The molecule has 0 aliphatic heterocycles. The first-order valence-electron chi connectivity index (χ1n) is 4.61. The van der Waals surface area contributed by atoms with Gasteiger partial charge in [-0.3, -0.25) is 0 Å². The van der Waals surface area contributed by atoms with Gasteiger partial charge < -0.3 is 5.43 Å². The fourth-order valence-corrected chi connectivity index (χ4v) is 1.86. The minimum absolute atomic E-state index is 0.785. The van der Waals surface area contributed by atoms with E-state index in [1.165, 1.54) is 31.4 Å². The van der Waals surface area contributed by atoms with E-state index in [2.05, 4.69) is 17.5 Å². The van der Waals surface area contributed by atoms with E-state index in [9.17, 15) is 0 Å². The topological polar surface area (TPSA) is 24.4 Å². The summed E-state index contributed by atoms with van der Waals surface area (Å²) in [4.78, 5) is 0. The van der Waals surface area contributed by atoms with Gasteiger partial charge in [0.05, 0.1) is 0 Å². The Morgan fingerprint density at radius 3 is 2.55 bits per heavy atom. The summed E-state index contributed by atoms with van der Waals surface area (Å²) in [5.41, 5.74) is 4.25. The van der Waals surface area contributed by atoms with E-state index in [0.29, 0.717) is 0 Å². The number of nitrogens with one attached hydrogen (secondary N) is 1. The van der Waals surface area contributed by atoms with Gasteiger partial charge in [0.2, 0.25) is 0 Å². The molecule has 0 atom stereocenters. The normalized spacial score (nSPS) is 20.7. The van der Waals surface area contributed by atoms with Crippen molar-refractivity contribution in [2.75, 3.05) is 7.05 Å². The van der Waals surface area contributed by atoms with Crippen molar-refractivity contribution in [3.8, 4) is 0 Å². The Kier molecular flexibility index (Phi) is 3.40. The van der Waals surface area contributed by atoms with Gasteiger partial charge in [-0.2, -0.15) is 5.10 Å². The number of nitrogens with zero attached hydrogens (tertiary/aromatic N) is 1. The van der Waals surface area contributed by atoms with Gasteiger partial charge in [0.25, 0.3) is 0 Å². The van der Waals surface area contributed by atoms with Crippen molar-refractivity contribution in [1.82, 2.24) is 5.43 Å². The van der Waals surface area contributed by atoms with Crippen LogP contribution in [0.3, 0.4) is 0 Å². The molecule has 0 unspecified atom stereocenters. The maximum absolute atomic E-state index is 4.29. The third kappa shape index (κ3) is 2.21. The van der Waals surface area contributed by atoms with Gasteiger partial charge in [-0.15, -0.1) is 0 Å². The summed E-state index contributed by atoms with van der Waals surface area (Å²) in [6.45, 7) is 2.19. The summed E-state index contributed by atoms with van der Waals surface area (Å²) >= 11 is 0. The van der Waals surface area contributed by atoms with Gasteiger partial charge in [-0.05, 0) is 25.2 Å². The molecule has 1 rings (SSSR count). The lowest BCUT2D eigenvalue weighted by atomic mass is 10.0. The van der Waals surface area contributed by atoms with Crippen LogP contribution in [0.25, 0.3) is 0 Å². The highest BCUT2D eigenvalue weighted by atomic mass is 15.3. The van der Waals surface area contributed by atoms with Crippen LogP contribution in [0.4, 0.5) is 0 Å². The Hall–Kier alpha value is -0.530. The highest BCUT2D eigenvalue weighted by molar-refractivity contribution is 5.86. The third-order valence-corrected chi connectivity index (χ3v) is 2.44. The largest absolute Gasteiger partial charge is 0.313 e. The Bertz CT molecular complexity index is 134. The van der Waals surface area contributed by atoms with Crippen LogP contribution in [0.1, 0.15) is 39.0 Å². The van der Waals surface area contributed by atoms with Crippen LogP contribution in [0, 0.1) is 5.92 Å². The molecule has 1 fully saturated rings. The molecule has 0 aromatic heterocycles. The Morgan fingerprint density at radius 2 is 2.09 bits per heavy atom. The summed E-state index contributed by atoms with van der Waals surface area (Å²) in [5, 5.41) is 4.29. The second kappa shape index (κ2) is 4.37. The lowest BCUT2D eigenvalue weighted by molar-refractivity contribution is 0.698. The predicted molar refractivity (Wildman–Crippen MR) is 48.7 cm³/mol. The van der Waals surface area contributed by atoms with Gasteiger partial charge in [0, 0.05) is 12.8 Å². The minimum Gasteiger partial charge on any atom is -0.313 e. The van der Waals surface area contributed by atoms with Crippen LogP contribution >= 0.6 is 0 Å². The highest BCUT2D eigenvalue weighted by Gasteiger charge is 2.19. The third-order valence-electron chi connectivity index (χ3n) is 2.44. The Morgan fingerprint density at radius 1 is 1.45 bits per heavy atom. The van der Waals surface area contributed by atoms with Gasteiger partial charge in [0.15, 0.2) is 0 Å². The van der Waals surface area contributed by atoms with Gasteiger partial charge in [0.1, 0.15) is 0 Å². The first kappa shape index (κ1) is 8.57. The maximum Gasteiger partial charge on any atom is 0.0406 e. The van der Waals surface area contributed by atoms with E-state index in [1.54, 1.807) is 0 Å². The van der Waals surface area contributed by atoms with E-state index in [4.69, 9.17) is 0 Å². The zero-order valence-corrected chi connectivity index (χ0v) is 7.56. The van der Waals surface area contributed by atoms with Gasteiger partial charge in [-0.1, -0.05) is 19.8 Å². The monoisotopic (exact) mass is 154 g/mol. The highest BCUT2D eigenvalue weighted by Crippen LogP contribution is 2.26. The zero-order chi connectivity index (χ0) is 8.10. The second-order valence-corrected chi connectivity index (χ2v) is 3.16. The predicted octanol–water partition coefficient (Wildman–Crippen LogP) is 2.16. The van der Waals surface area contributed by atoms with Crippen LogP contribution in [-0.2, 0) is 0 Å². The molecule has 0 radical (unpaired) electrons. The van der Waals surface area contributed by atoms with E-state index in [-0.39, 0.29) is 0 Å². The summed E-state index contributed by atoms with van der Waals surface area (Å²) in [5.74, 6) is 0.785. The lowest BCUT2D eigenvalue weighted by Crippen LogP contribution is -2.13. The molecule has 1 aliphatic carbocycles. The number of hydrogen-bond acceptors (Lipinski definition) is 2. The maximum atomic E-state index is 4.29. The fraction of sp³-hybridized carbons (Fsp3) is 0.889. The molecule has 0 heterocycles. The van der Waals surface area contributed by atoms with Crippen LogP contribution in [0.2, 0.25) is 0 Å². The van der Waals surface area contributed by atoms with E-state index in [0.717, 1.165) is 12.3 Å². The molecule has 64 valence electrons. The Balaban J connectivity index is 2.46. The smallest absolute Gasteiger partial charge is 0.0406 e. The van der Waals surface area contributed by atoms with E-state index >= 15 is 0 Å². The molecule has 0 aromatic rings. The summed E-state index contributed by atoms with van der Waals surface area (Å²) in [6.07, 6.45) is 6.61. The molecular formula is C9H18N2. The molecule has 1 N–H and O–H groups in total. The average Bonchev–Trinajstić information content (AvgIpc) is 2.52. The van der Waals surface area contributed by atoms with Crippen molar-refractivity contribution < 1.29 is 0 Å². The molecule has 2 nitrogen and oxygen atoms in total. The molecule has 0 aromatic carbocycles. The van der Waals surface area contributed by atoms with Crippen LogP contribution < -0.4 is 5.43 Å². The minimum atomic E-state index is 0.785. The van der Waals surface area contributed by atoms with Crippen molar-refractivity contribution in [3.05, 3.63) is 0 Å². The molecule has 2 heteroatoms. The average molecular weight is 154 g/mol. The molecule has 0 amide bonds. The van der Waals surface area contributed by atoms with Gasteiger partial charge in [-0.25, -0.2) is 0 Å². The van der Waals surface area contributed by atoms with Crippen molar-refractivity contribution >= 4 is 5.71 Å². The van der Waals surface area contributed by atoms with E-state index < -0.39 is 0 Å². The molecule has 0 spiro atoms. The molecule has 1 saturated carbocycles. The molecule has 0 saturated heterocycles. The summed E-state index contributed by atoms with van der Waals surface area (Å²) in [6, 6.07) is 0. The molecule has 11 heavy (non-hydrogen) atoms. The first-order chi connectivity index (χ1) is 5.38. The number of rotatable bonds is 3. The molecule has 0 bridgehead atoms. The summed E-state index contributed by atoms with van der Waals surface area (Å²) < 4.78 is 0. The zero-order valence-electron chi connectivity index (χ0n) is 7.56. The summed E-state index contributed by atoms with van der Waals surface area (Å²) in [7, 11) is 1.88. The van der Waals surface area contributed by atoms with Crippen LogP contribution in [-0.4, -0.2) is 12.8 Å². The van der Waals surface area contributed by atoms with Crippen LogP contribution in [0.15, 0.2) is 5.10 Å². The number of hydrazone groups is 1. The first-order valence-corrected chi connectivity index (χ1v) is 4.61. The molecule has 1 aliphatic rings. The SMILES string of the molecule is CC/C(=N\NC)C1CCCC1. The Labute approximate surface area is 69.1 Å². The van der Waals surface area contributed by atoms with Crippen molar-refractivity contribution in [2.24, 2.45) is 11.0 Å². The van der Waals surface area contributed by atoms with E-state index in [1.807, 2.05) is 7.05 Å².